The number of anilines is 1. The monoisotopic (exact) mass is 379 g/mol. The average molecular weight is 380 g/mol. The first-order chi connectivity index (χ1) is 9.98. The van der Waals surface area contributed by atoms with Crippen molar-refractivity contribution in [1.82, 2.24) is 10.3 Å². The zero-order valence-corrected chi connectivity index (χ0v) is 14.0. The number of alkyl halides is 3. The lowest BCUT2D eigenvalue weighted by molar-refractivity contribution is -0.137. The maximum atomic E-state index is 12.6. The van der Waals surface area contributed by atoms with Crippen LogP contribution in [0.5, 0.6) is 0 Å². The fourth-order valence-corrected chi connectivity index (χ4v) is 2.56. The molecule has 1 aromatic heterocycles. The highest BCUT2D eigenvalue weighted by Gasteiger charge is 2.35. The van der Waals surface area contributed by atoms with Gasteiger partial charge in [-0.1, -0.05) is 20.8 Å². The normalized spacial score (nSPS) is 16.4. The van der Waals surface area contributed by atoms with E-state index in [1.165, 1.54) is 0 Å². The van der Waals surface area contributed by atoms with Crippen molar-refractivity contribution in [3.05, 3.63) is 22.3 Å². The fraction of sp³-hybridized carbons (Fsp3) is 0.571. The second-order valence-corrected chi connectivity index (χ2v) is 7.21. The van der Waals surface area contributed by atoms with Gasteiger partial charge in [-0.3, -0.25) is 4.79 Å². The maximum absolute atomic E-state index is 12.6. The molecular weight excluding hydrogens is 363 g/mol. The third kappa shape index (κ3) is 3.71. The summed E-state index contributed by atoms with van der Waals surface area (Å²) in [6.07, 6.45) is -3.59. The number of nitrogens with zero attached hydrogens (tertiary/aromatic N) is 2. The minimum Gasteiger partial charge on any atom is -0.351 e. The molecule has 1 aliphatic rings. The van der Waals surface area contributed by atoms with Crippen LogP contribution in [0.4, 0.5) is 19.0 Å². The second kappa shape index (κ2) is 5.72. The average Bonchev–Trinajstić information content (AvgIpc) is 2.31. The van der Waals surface area contributed by atoms with E-state index in [-0.39, 0.29) is 11.9 Å². The summed E-state index contributed by atoms with van der Waals surface area (Å²) in [5.41, 5.74) is -1.26. The molecule has 1 saturated heterocycles. The number of rotatable bonds is 2. The predicted octanol–water partition coefficient (Wildman–Crippen LogP) is 3.21. The summed E-state index contributed by atoms with van der Waals surface area (Å²) in [7, 11) is 0. The van der Waals surface area contributed by atoms with Crippen molar-refractivity contribution in [2.75, 3.05) is 18.0 Å². The van der Waals surface area contributed by atoms with Gasteiger partial charge in [-0.2, -0.15) is 13.2 Å². The summed E-state index contributed by atoms with van der Waals surface area (Å²) in [4.78, 5) is 17.5. The van der Waals surface area contributed by atoms with Crippen molar-refractivity contribution in [2.45, 2.75) is 33.0 Å². The van der Waals surface area contributed by atoms with E-state index in [1.807, 2.05) is 25.7 Å². The molecule has 2 rings (SSSR count). The maximum Gasteiger partial charge on any atom is 0.417 e. The summed E-state index contributed by atoms with van der Waals surface area (Å²) < 4.78 is 38.1. The molecule has 0 radical (unpaired) electrons. The van der Waals surface area contributed by atoms with E-state index in [1.54, 1.807) is 0 Å². The molecular formula is C14H17BrF3N3O. The van der Waals surface area contributed by atoms with Gasteiger partial charge in [0.2, 0.25) is 5.91 Å². The van der Waals surface area contributed by atoms with E-state index in [4.69, 9.17) is 0 Å². The lowest BCUT2D eigenvalue weighted by atomic mass is 9.94. The predicted molar refractivity (Wildman–Crippen MR) is 80.5 cm³/mol. The van der Waals surface area contributed by atoms with E-state index >= 15 is 0 Å². The van der Waals surface area contributed by atoms with Crippen LogP contribution in [0.3, 0.4) is 0 Å². The van der Waals surface area contributed by atoms with Gasteiger partial charge in [-0.15, -0.1) is 0 Å². The largest absolute Gasteiger partial charge is 0.417 e. The van der Waals surface area contributed by atoms with Gasteiger partial charge in [0.25, 0.3) is 0 Å². The van der Waals surface area contributed by atoms with E-state index in [2.05, 4.69) is 26.2 Å². The van der Waals surface area contributed by atoms with Crippen LogP contribution in [0.1, 0.15) is 26.3 Å². The molecule has 4 nitrogen and oxygen atoms in total. The van der Waals surface area contributed by atoms with Gasteiger partial charge in [0.05, 0.1) is 16.1 Å². The topological polar surface area (TPSA) is 45.2 Å². The lowest BCUT2D eigenvalue weighted by Crippen LogP contribution is -2.61. The molecule has 0 aromatic carbocycles. The molecule has 2 heterocycles. The zero-order valence-electron chi connectivity index (χ0n) is 12.5. The Morgan fingerprint density at radius 2 is 1.95 bits per heavy atom. The number of carbonyl (C=O) groups excluding carboxylic acids is 1. The van der Waals surface area contributed by atoms with Crippen LogP contribution < -0.4 is 10.2 Å². The lowest BCUT2D eigenvalue weighted by Gasteiger charge is -2.41. The summed E-state index contributed by atoms with van der Waals surface area (Å²) in [5.74, 6) is 0.408. The van der Waals surface area contributed by atoms with Crippen molar-refractivity contribution in [3.8, 4) is 0 Å². The van der Waals surface area contributed by atoms with Gasteiger partial charge >= 0.3 is 6.18 Å². The van der Waals surface area contributed by atoms with Gasteiger partial charge < -0.3 is 10.2 Å². The van der Waals surface area contributed by atoms with Crippen LogP contribution in [-0.4, -0.2) is 30.0 Å². The Kier molecular flexibility index (Phi) is 4.43. The van der Waals surface area contributed by atoms with Crippen molar-refractivity contribution >= 4 is 27.7 Å². The first kappa shape index (κ1) is 17.1. The molecule has 1 aliphatic heterocycles. The van der Waals surface area contributed by atoms with Crippen molar-refractivity contribution in [3.63, 3.8) is 0 Å². The number of hydrogen-bond acceptors (Lipinski definition) is 3. The number of hydrogen-bond donors (Lipinski definition) is 1. The highest BCUT2D eigenvalue weighted by Crippen LogP contribution is 2.34. The van der Waals surface area contributed by atoms with Crippen molar-refractivity contribution in [1.29, 1.82) is 0 Å². The fourth-order valence-electron chi connectivity index (χ4n) is 1.96. The summed E-state index contributed by atoms with van der Waals surface area (Å²) in [6, 6.07) is 1.01. The van der Waals surface area contributed by atoms with Crippen LogP contribution in [0.25, 0.3) is 0 Å². The van der Waals surface area contributed by atoms with Gasteiger partial charge in [0.1, 0.15) is 5.82 Å². The van der Waals surface area contributed by atoms with E-state index in [9.17, 15) is 18.0 Å². The standard InChI is InChI=1S/C14H17BrF3N3O/c1-13(2,3)12(22)20-9-6-21(7-9)11-10(15)4-8(5-19-11)14(16,17)18/h4-5,9H,6-7H2,1-3H3,(H,20,22). The summed E-state index contributed by atoms with van der Waals surface area (Å²) in [5, 5.41) is 2.91. The Bertz CT molecular complexity index is 578. The number of carbonyl (C=O) groups is 1. The van der Waals surface area contributed by atoms with Gasteiger partial charge in [0.15, 0.2) is 0 Å². The van der Waals surface area contributed by atoms with Crippen LogP contribution in [0.15, 0.2) is 16.7 Å². The molecule has 0 unspecified atom stereocenters. The SMILES string of the molecule is CC(C)(C)C(=O)NC1CN(c2ncc(C(F)(F)F)cc2Br)C1. The molecule has 0 bridgehead atoms. The smallest absolute Gasteiger partial charge is 0.351 e. The highest BCUT2D eigenvalue weighted by atomic mass is 79.9. The van der Waals surface area contributed by atoms with E-state index < -0.39 is 17.2 Å². The number of aromatic nitrogens is 1. The first-order valence-corrected chi connectivity index (χ1v) is 7.56. The Balaban J connectivity index is 1.98. The third-order valence-electron chi connectivity index (χ3n) is 3.35. The molecule has 22 heavy (non-hydrogen) atoms. The molecule has 0 saturated carbocycles. The van der Waals surface area contributed by atoms with E-state index in [0.717, 1.165) is 12.3 Å². The third-order valence-corrected chi connectivity index (χ3v) is 3.93. The minimum atomic E-state index is -4.41. The Morgan fingerprint density at radius 3 is 2.41 bits per heavy atom. The molecule has 8 heteroatoms. The molecule has 1 aromatic rings. The van der Waals surface area contributed by atoms with Gasteiger partial charge in [-0.25, -0.2) is 4.98 Å². The summed E-state index contributed by atoms with van der Waals surface area (Å²) >= 11 is 3.13. The quantitative estimate of drug-likeness (QED) is 0.857. The number of pyridine rings is 1. The zero-order chi connectivity index (χ0) is 16.7. The first-order valence-electron chi connectivity index (χ1n) is 6.77. The molecule has 122 valence electrons. The Morgan fingerprint density at radius 1 is 1.36 bits per heavy atom. The molecule has 0 spiro atoms. The van der Waals surface area contributed by atoms with Crippen LogP contribution in [0.2, 0.25) is 0 Å². The molecule has 0 aliphatic carbocycles. The van der Waals surface area contributed by atoms with Crippen molar-refractivity contribution in [2.24, 2.45) is 5.41 Å². The van der Waals surface area contributed by atoms with Crippen molar-refractivity contribution < 1.29 is 18.0 Å². The number of halogens is 4. The Hall–Kier alpha value is -1.31. The van der Waals surface area contributed by atoms with Crippen LogP contribution in [0, 0.1) is 5.41 Å². The Labute approximate surface area is 135 Å². The second-order valence-electron chi connectivity index (χ2n) is 6.35. The number of nitrogens with one attached hydrogen (secondary N) is 1. The molecule has 1 N–H and O–H groups in total. The molecule has 1 fully saturated rings. The minimum absolute atomic E-state index is 0.0114. The number of amides is 1. The van der Waals surface area contributed by atoms with Crippen LogP contribution >= 0.6 is 15.9 Å². The van der Waals surface area contributed by atoms with Crippen LogP contribution in [-0.2, 0) is 11.0 Å². The van der Waals surface area contributed by atoms with Gasteiger partial charge in [-0.05, 0) is 22.0 Å². The molecule has 1 amide bonds. The summed E-state index contributed by atoms with van der Waals surface area (Å²) in [6.45, 7) is 6.53. The van der Waals surface area contributed by atoms with E-state index in [0.29, 0.717) is 23.4 Å². The highest BCUT2D eigenvalue weighted by molar-refractivity contribution is 9.10. The molecule has 0 atom stereocenters. The van der Waals surface area contributed by atoms with Gasteiger partial charge in [0, 0.05) is 24.7 Å².